The van der Waals surface area contributed by atoms with E-state index in [0.717, 1.165) is 38.0 Å². The fourth-order valence-electron chi connectivity index (χ4n) is 4.56. The summed E-state index contributed by atoms with van der Waals surface area (Å²) in [5.41, 5.74) is 1.65. The Morgan fingerprint density at radius 3 is 2.77 bits per heavy atom. The zero-order valence-corrected chi connectivity index (χ0v) is 18.0. The first kappa shape index (κ1) is 21.3. The van der Waals surface area contributed by atoms with Gasteiger partial charge < -0.3 is 14.5 Å². The van der Waals surface area contributed by atoms with Crippen molar-refractivity contribution < 1.29 is 14.3 Å². The molecule has 1 unspecified atom stereocenters. The van der Waals surface area contributed by atoms with Crippen LogP contribution in [0.3, 0.4) is 0 Å². The van der Waals surface area contributed by atoms with Crippen LogP contribution < -0.4 is 4.74 Å². The number of rotatable bonds is 1. The highest BCUT2D eigenvalue weighted by molar-refractivity contribution is 5.92. The predicted molar refractivity (Wildman–Crippen MR) is 119 cm³/mol. The van der Waals surface area contributed by atoms with Crippen molar-refractivity contribution in [2.24, 2.45) is 0 Å². The van der Waals surface area contributed by atoms with Crippen LogP contribution in [0, 0.1) is 0 Å². The van der Waals surface area contributed by atoms with Gasteiger partial charge in [-0.1, -0.05) is 18.2 Å². The van der Waals surface area contributed by atoms with Crippen molar-refractivity contribution in [1.29, 1.82) is 0 Å². The number of benzene rings is 1. The number of pyridine rings is 1. The fraction of sp³-hybridized carbons (Fsp3) is 0.480. The Kier molecular flexibility index (Phi) is 7.18. The minimum Gasteiger partial charge on any atom is -0.492 e. The average molecular weight is 422 g/mol. The Morgan fingerprint density at radius 1 is 0.968 bits per heavy atom. The Morgan fingerprint density at radius 2 is 1.90 bits per heavy atom. The van der Waals surface area contributed by atoms with Crippen molar-refractivity contribution in [1.82, 2.24) is 14.8 Å². The molecule has 1 aromatic heterocycles. The summed E-state index contributed by atoms with van der Waals surface area (Å²) in [7, 11) is 0. The molecule has 2 aliphatic heterocycles. The second-order valence-corrected chi connectivity index (χ2v) is 8.38. The molecule has 1 atom stereocenters. The third-order valence-corrected chi connectivity index (χ3v) is 6.23. The molecular formula is C25H31N3O3. The number of hydrogen-bond acceptors (Lipinski definition) is 4. The van der Waals surface area contributed by atoms with Gasteiger partial charge >= 0.3 is 0 Å². The number of carbonyl (C=O) groups is 2. The van der Waals surface area contributed by atoms with Gasteiger partial charge in [-0.2, -0.15) is 0 Å². The molecule has 31 heavy (non-hydrogen) atoms. The number of piperidine rings is 1. The van der Waals surface area contributed by atoms with Gasteiger partial charge in [0, 0.05) is 31.7 Å². The third kappa shape index (κ3) is 5.63. The molecule has 1 aromatic carbocycles. The molecule has 0 radical (unpaired) electrons. The summed E-state index contributed by atoms with van der Waals surface area (Å²) < 4.78 is 5.97. The summed E-state index contributed by atoms with van der Waals surface area (Å²) in [6, 6.07) is 13.8. The van der Waals surface area contributed by atoms with Crippen molar-refractivity contribution in [2.75, 3.05) is 26.2 Å². The second-order valence-electron chi connectivity index (χ2n) is 8.38. The SMILES string of the molecule is O=C(c1ccccn1)N1CCCC(=O)N2CCCCC2CCc2cccc(c2)OCC1. The zero-order chi connectivity index (χ0) is 21.5. The Labute approximate surface area is 184 Å². The van der Waals surface area contributed by atoms with Gasteiger partial charge in [-0.3, -0.25) is 14.6 Å². The molecule has 2 amide bonds. The summed E-state index contributed by atoms with van der Waals surface area (Å²) in [6.07, 6.45) is 8.01. The molecule has 4 rings (SSSR count). The van der Waals surface area contributed by atoms with Crippen molar-refractivity contribution in [3.8, 4) is 5.75 Å². The highest BCUT2D eigenvalue weighted by Crippen LogP contribution is 2.24. The van der Waals surface area contributed by atoms with Crippen LogP contribution in [0.4, 0.5) is 0 Å². The molecule has 1 saturated heterocycles. The van der Waals surface area contributed by atoms with Gasteiger partial charge in [0.1, 0.15) is 18.1 Å². The maximum absolute atomic E-state index is 13.0. The maximum atomic E-state index is 13.0. The summed E-state index contributed by atoms with van der Waals surface area (Å²) in [5.74, 6) is 0.926. The van der Waals surface area contributed by atoms with Crippen LogP contribution in [0.5, 0.6) is 5.75 Å². The fourth-order valence-corrected chi connectivity index (χ4v) is 4.56. The summed E-state index contributed by atoms with van der Waals surface area (Å²) >= 11 is 0. The number of ether oxygens (including phenoxy) is 1. The van der Waals surface area contributed by atoms with E-state index in [1.54, 1.807) is 23.2 Å². The van der Waals surface area contributed by atoms with E-state index in [1.165, 1.54) is 12.0 Å². The van der Waals surface area contributed by atoms with Crippen molar-refractivity contribution in [2.45, 2.75) is 51.0 Å². The van der Waals surface area contributed by atoms with E-state index in [9.17, 15) is 9.59 Å². The number of aryl methyl sites for hydroxylation is 1. The topological polar surface area (TPSA) is 62.7 Å². The quantitative estimate of drug-likeness (QED) is 0.704. The number of aromatic nitrogens is 1. The predicted octanol–water partition coefficient (Wildman–Crippen LogP) is 3.71. The maximum Gasteiger partial charge on any atom is 0.272 e. The Balaban J connectivity index is 1.52. The molecule has 0 aliphatic carbocycles. The molecular weight excluding hydrogens is 390 g/mol. The molecule has 0 N–H and O–H groups in total. The van der Waals surface area contributed by atoms with Crippen LogP contribution in [-0.2, 0) is 11.2 Å². The van der Waals surface area contributed by atoms with E-state index in [2.05, 4.69) is 22.0 Å². The van der Waals surface area contributed by atoms with Gasteiger partial charge in [0.05, 0.1) is 6.54 Å². The smallest absolute Gasteiger partial charge is 0.272 e. The van der Waals surface area contributed by atoms with Crippen molar-refractivity contribution in [3.05, 3.63) is 59.9 Å². The van der Waals surface area contributed by atoms with E-state index in [1.807, 2.05) is 18.2 Å². The highest BCUT2D eigenvalue weighted by atomic mass is 16.5. The Hall–Kier alpha value is -2.89. The lowest BCUT2D eigenvalue weighted by molar-refractivity contribution is -0.135. The van der Waals surface area contributed by atoms with Crippen molar-refractivity contribution >= 4 is 11.8 Å². The summed E-state index contributed by atoms with van der Waals surface area (Å²) in [6.45, 7) is 2.23. The molecule has 3 heterocycles. The number of fused-ring (bicyclic) bond motifs is 3. The molecule has 6 nitrogen and oxygen atoms in total. The monoisotopic (exact) mass is 421 g/mol. The molecule has 0 saturated carbocycles. The van der Waals surface area contributed by atoms with Crippen LogP contribution in [0.25, 0.3) is 0 Å². The molecule has 2 aliphatic rings. The van der Waals surface area contributed by atoms with Crippen LogP contribution in [-0.4, -0.2) is 58.9 Å². The average Bonchev–Trinajstić information content (AvgIpc) is 2.82. The first-order valence-electron chi connectivity index (χ1n) is 11.4. The third-order valence-electron chi connectivity index (χ3n) is 6.23. The number of carbonyl (C=O) groups excluding carboxylic acids is 2. The first-order valence-corrected chi connectivity index (χ1v) is 11.4. The van der Waals surface area contributed by atoms with Gasteiger partial charge in [0.25, 0.3) is 5.91 Å². The lowest BCUT2D eigenvalue weighted by atomic mass is 9.95. The molecule has 1 fully saturated rings. The van der Waals surface area contributed by atoms with Gasteiger partial charge in [-0.25, -0.2) is 0 Å². The molecule has 164 valence electrons. The first-order chi connectivity index (χ1) is 15.2. The van der Waals surface area contributed by atoms with E-state index < -0.39 is 0 Å². The van der Waals surface area contributed by atoms with E-state index >= 15 is 0 Å². The molecule has 2 aromatic rings. The van der Waals surface area contributed by atoms with E-state index in [0.29, 0.717) is 44.3 Å². The van der Waals surface area contributed by atoms with Gasteiger partial charge in [-0.05, 0) is 68.4 Å². The van der Waals surface area contributed by atoms with Crippen LogP contribution in [0.2, 0.25) is 0 Å². The van der Waals surface area contributed by atoms with Gasteiger partial charge in [0.2, 0.25) is 5.91 Å². The van der Waals surface area contributed by atoms with Crippen LogP contribution >= 0.6 is 0 Å². The zero-order valence-electron chi connectivity index (χ0n) is 18.0. The second kappa shape index (κ2) is 10.4. The van der Waals surface area contributed by atoms with E-state index in [4.69, 9.17) is 4.74 Å². The number of hydrogen-bond donors (Lipinski definition) is 0. The van der Waals surface area contributed by atoms with Gasteiger partial charge in [-0.15, -0.1) is 0 Å². The standard InChI is InChI=1S/C25H31N3O3/c29-24-11-6-15-27(25(30)23-10-1-3-14-26-23)17-18-31-22-9-5-7-20(19-22)12-13-21-8-2-4-16-28(21)24/h1,3,5,7,9-10,14,19,21H,2,4,6,8,11-13,15-18H2. The normalized spacial score (nSPS) is 20.8. The van der Waals surface area contributed by atoms with E-state index in [-0.39, 0.29) is 11.8 Å². The molecule has 6 heteroatoms. The largest absolute Gasteiger partial charge is 0.492 e. The lowest BCUT2D eigenvalue weighted by Gasteiger charge is -2.36. The van der Waals surface area contributed by atoms with Crippen LogP contribution in [0.1, 0.15) is 54.6 Å². The van der Waals surface area contributed by atoms with Crippen molar-refractivity contribution in [3.63, 3.8) is 0 Å². The minimum absolute atomic E-state index is 0.120. The highest BCUT2D eigenvalue weighted by Gasteiger charge is 2.26. The molecule has 2 bridgehead atoms. The van der Waals surface area contributed by atoms with Crippen LogP contribution in [0.15, 0.2) is 48.7 Å². The lowest BCUT2D eigenvalue weighted by Crippen LogP contribution is -2.44. The summed E-state index contributed by atoms with van der Waals surface area (Å²) in [4.78, 5) is 34.0. The summed E-state index contributed by atoms with van der Waals surface area (Å²) in [5, 5.41) is 0. The van der Waals surface area contributed by atoms with Gasteiger partial charge in [0.15, 0.2) is 0 Å². The molecule has 0 spiro atoms. The number of nitrogens with zero attached hydrogens (tertiary/aromatic N) is 3. The number of amides is 2. The Bertz CT molecular complexity index is 887. The minimum atomic E-state index is -0.120.